The van der Waals surface area contributed by atoms with Gasteiger partial charge in [-0.05, 0) is 61.2 Å². The number of aliphatic carboxylic acids is 2. The van der Waals surface area contributed by atoms with Crippen LogP contribution >= 0.6 is 21.7 Å². The summed E-state index contributed by atoms with van der Waals surface area (Å²) in [5, 5.41) is 44.5. The number of fused-ring (bicyclic) bond motifs is 1. The number of ether oxygens (including phenoxy) is 1. The zero-order chi connectivity index (χ0) is 70.4. The molecular weight excluding hydrogens is 1420 g/mol. The predicted octanol–water partition coefficient (Wildman–Crippen LogP) is -2.07. The number of anilines is 1. The molecule has 0 saturated carbocycles. The molecule has 1 aliphatic rings. The van der Waals surface area contributed by atoms with Crippen LogP contribution in [0.15, 0.2) is 71.0 Å². The summed E-state index contributed by atoms with van der Waals surface area (Å²) in [6.45, 7) is 5.96. The molecule has 5 rings (SSSR count). The molecule has 1 saturated heterocycles. The number of carbonyl (C=O) groups is 8. The van der Waals surface area contributed by atoms with Crippen molar-refractivity contribution in [3.05, 3.63) is 93.7 Å². The number of rotatable bonds is 34. The van der Waals surface area contributed by atoms with Crippen molar-refractivity contribution in [2.24, 2.45) is 7.05 Å². The van der Waals surface area contributed by atoms with Crippen molar-refractivity contribution < 1.29 is 97.0 Å². The Balaban J connectivity index is 1.11. The second-order valence-corrected chi connectivity index (χ2v) is 28.3. The first-order chi connectivity index (χ1) is 44.6. The van der Waals surface area contributed by atoms with Crippen LogP contribution in [0.4, 0.5) is 5.95 Å². The molecule has 0 radical (unpaired) electrons. The molecule has 1 unspecified atom stereocenters. The molecule has 3 heterocycles. The van der Waals surface area contributed by atoms with E-state index in [4.69, 9.17) is 7.59 Å². The zero-order valence-electron chi connectivity index (χ0n) is 52.6. The van der Waals surface area contributed by atoms with Crippen LogP contribution in [0.2, 0.25) is 0 Å². The van der Waals surface area contributed by atoms with Gasteiger partial charge in [0.25, 0.3) is 5.91 Å². The third kappa shape index (κ3) is 27.1. The van der Waals surface area contributed by atoms with Crippen molar-refractivity contribution in [3.63, 3.8) is 0 Å². The Morgan fingerprint density at radius 1 is 0.726 bits per heavy atom. The van der Waals surface area contributed by atoms with E-state index >= 15 is 0 Å². The van der Waals surface area contributed by atoms with Gasteiger partial charge in [0.15, 0.2) is 5.95 Å². The molecule has 4 aromatic rings. The molecule has 2 aromatic heterocycles. The van der Waals surface area contributed by atoms with Crippen LogP contribution in [0.3, 0.4) is 0 Å². The first-order valence-electron chi connectivity index (χ1n) is 29.4. The maximum absolute atomic E-state index is 13.7. The number of aryl methyl sites for hydroxylation is 3. The van der Waals surface area contributed by atoms with Crippen LogP contribution in [-0.4, -0.2) is 292 Å². The van der Waals surface area contributed by atoms with Gasteiger partial charge < -0.3 is 78.4 Å². The molecule has 5 amide bonds. The molecule has 2 aromatic carbocycles. The number of carboxylic acid groups (broad SMARTS) is 2. The van der Waals surface area contributed by atoms with Gasteiger partial charge in [-0.25, -0.2) is 13.4 Å². The van der Waals surface area contributed by atoms with Crippen molar-refractivity contribution >= 4 is 121 Å². The van der Waals surface area contributed by atoms with Crippen molar-refractivity contribution in [1.82, 2.24) is 65.4 Å². The Bertz CT molecular complexity index is 3520. The maximum atomic E-state index is 13.7. The molecule has 1 fully saturated rings. The van der Waals surface area contributed by atoms with Crippen LogP contribution in [-0.2, 0) is 60.0 Å². The monoisotopic (exact) mass is 1500 g/mol. The molecule has 0 bridgehead atoms. The average Bonchev–Trinajstić information content (AvgIpc) is 0.872. The van der Waals surface area contributed by atoms with Gasteiger partial charge in [0.2, 0.25) is 27.3 Å². The molecule has 0 spiro atoms. The van der Waals surface area contributed by atoms with Gasteiger partial charge in [0.1, 0.15) is 23.4 Å². The van der Waals surface area contributed by atoms with Crippen molar-refractivity contribution in [3.8, 4) is 5.75 Å². The van der Waals surface area contributed by atoms with Crippen molar-refractivity contribution in [1.29, 1.82) is 0 Å². The Morgan fingerprint density at radius 3 is 1.84 bits per heavy atom. The van der Waals surface area contributed by atoms with Gasteiger partial charge >= 0.3 is 200 Å². The molecule has 0 aliphatic carbocycles. The van der Waals surface area contributed by atoms with Crippen LogP contribution in [0.25, 0.3) is 10.9 Å². The number of aliphatic hydroxyl groups excluding tert-OH is 1. The number of pyridine rings is 1. The first-order valence-corrected chi connectivity index (χ1v) is 36.5. The second kappa shape index (κ2) is 36.8. The summed E-state index contributed by atoms with van der Waals surface area (Å²) in [5.41, 5.74) is 0.679. The van der Waals surface area contributed by atoms with E-state index in [0.717, 1.165) is 5.56 Å². The number of sulfonamides is 1. The Hall–Kier alpha value is -7.16. The average molecular weight is 1500 g/mol. The van der Waals surface area contributed by atoms with Gasteiger partial charge in [0.05, 0.1) is 44.5 Å². The number of aromatic amines is 1. The van der Waals surface area contributed by atoms with E-state index in [1.807, 2.05) is 4.90 Å². The summed E-state index contributed by atoms with van der Waals surface area (Å²) in [6, 6.07) is 1.90. The van der Waals surface area contributed by atoms with Crippen LogP contribution in [0.1, 0.15) is 39.9 Å². The number of benzene rings is 2. The summed E-state index contributed by atoms with van der Waals surface area (Å²) in [5.74, 6) is -9.98. The minimum absolute atomic E-state index is 0.0484. The van der Waals surface area contributed by atoms with Gasteiger partial charge in [-0.15, -0.1) is 0 Å². The normalized spacial score (nSPS) is 15.5. The fourth-order valence-electron chi connectivity index (χ4n) is 9.94. The topological polar surface area (TPSA) is 519 Å². The number of carboxylic acids is 2. The number of amides is 5. The van der Waals surface area contributed by atoms with Crippen LogP contribution in [0, 0.1) is 13.8 Å². The molecule has 36 nitrogen and oxygen atoms in total. The van der Waals surface area contributed by atoms with Gasteiger partial charge in [-0.3, -0.25) is 33.6 Å². The Kier molecular flexibility index (Phi) is 30.4. The van der Waals surface area contributed by atoms with E-state index < -0.39 is 159 Å². The number of H-pyrrole nitrogens is 1. The Labute approximate surface area is 564 Å². The van der Waals surface area contributed by atoms with Gasteiger partial charge in [0, 0.05) is 63.6 Å². The van der Waals surface area contributed by atoms with E-state index in [-0.39, 0.29) is 130 Å². The van der Waals surface area contributed by atoms with Crippen LogP contribution in [0.5, 0.6) is 5.75 Å². The molecule has 526 valence electrons. The standard InChI is InChI=1S/C55H82N14O22S3.In.2H/c1-34-22-38(23-35(2)50(34)94(89,90)64-41(54(81)82)26-60-51(78)40-28-65(4)44-24-37(7-8-39(44)49(40)77)25-61-55-58-11-12-59-55)91-21-5-6-45(71)56-9-10-57-52(79)42(32-92(83,84)85)63-53(80)43(33-93(86,87)88)62-46(72)29-67-15-19-68(30-47(73)74)17-13-66(27-36(3)70)14-18-69(20-16-67)31-48(75)76;;;/h7-8,11-12,22-24,28,41-43,64,70,83-88H,3,5-6,9-10,13-21,25-27,29-33H2,1-2,4H3,(H,56,71)(H,57,79)(H,60,78)(H,62,72)(H,63,80)(H,73,74)(H,75,76)(H,81,82)(H2,58,59,61);;;/q;+1;;/p-1/t41?,42-,43-;;;/m0.../s1. The summed E-state index contributed by atoms with van der Waals surface area (Å²) < 4.78 is 102. The number of aromatic nitrogens is 3. The van der Waals surface area contributed by atoms with E-state index in [0.29, 0.717) is 24.6 Å². The number of aliphatic hydroxyl groups is 1. The molecule has 1 aliphatic heterocycles. The molecular formula is C55H83InN14O22S3. The third-order valence-corrected chi connectivity index (χ3v) is 19.1. The number of hydrogen-bond acceptors (Lipinski definition) is 26. The molecule has 17 N–H and O–H groups in total. The number of carbonyl (C=O) groups excluding carboxylic acids is 6. The Morgan fingerprint density at radius 2 is 1.29 bits per heavy atom. The zero-order valence-corrected chi connectivity index (χ0v) is 60.8. The fourth-order valence-corrected chi connectivity index (χ4v) is 13.3. The van der Waals surface area contributed by atoms with Gasteiger partial charge in [-0.2, -0.15) is 4.72 Å². The quantitative estimate of drug-likeness (QED) is 0.0176. The third-order valence-electron chi connectivity index (χ3n) is 14.5. The summed E-state index contributed by atoms with van der Waals surface area (Å²) in [7, 11) is -12.1. The van der Waals surface area contributed by atoms with E-state index in [1.54, 1.807) is 56.9 Å². The second-order valence-electron chi connectivity index (χ2n) is 22.2. The van der Waals surface area contributed by atoms with E-state index in [1.165, 1.54) is 32.2 Å². The number of hydrogen-bond donors (Lipinski definition) is 17. The molecule has 40 heteroatoms. The van der Waals surface area contributed by atoms with Gasteiger partial charge in [-0.1, -0.05) is 6.07 Å². The SMILES string of the molecule is C=C(O)CN1CCN(CC(=O)O)CCN(CC(=O)N[C@@H](CS(O)(O)O)C(=O)N[C@@H](CS(O)(O)O)C(=O)NCCNC(=O)CCCOc2cc(C)c(S(=O)(=O)NC(CNC(=O)c3cn(C)c4cc(CNc5ncc[nH]5)ccc4c3=O)C(=O)O)c(C)c2)CCN(CC(=O)[O][InH2])CC1. The number of nitrogens with zero attached hydrogens (tertiary/aromatic N) is 6. The van der Waals surface area contributed by atoms with E-state index in [9.17, 15) is 94.2 Å². The first kappa shape index (κ1) is 78.5. The summed E-state index contributed by atoms with van der Waals surface area (Å²) >= 11 is -0.428. The summed E-state index contributed by atoms with van der Waals surface area (Å²) in [4.78, 5) is 130. The number of imidazole rings is 1. The molecule has 95 heavy (non-hydrogen) atoms. The fraction of sp³-hybridized carbons (Fsp3) is 0.491. The van der Waals surface area contributed by atoms with E-state index in [2.05, 4.69) is 53.2 Å². The van der Waals surface area contributed by atoms with Crippen molar-refractivity contribution in [2.45, 2.75) is 56.3 Å². The molecule has 3 atom stereocenters. The van der Waals surface area contributed by atoms with Crippen LogP contribution < -0.4 is 46.8 Å². The van der Waals surface area contributed by atoms with Crippen molar-refractivity contribution in [2.75, 3.05) is 122 Å². The summed E-state index contributed by atoms with van der Waals surface area (Å²) in [6.07, 6.45) is 4.52. The number of nitrogens with one attached hydrogen (secondary N) is 8. The predicted molar refractivity (Wildman–Crippen MR) is 350 cm³/mol. The minimum atomic E-state index is -4.58.